The quantitative estimate of drug-likeness (QED) is 0.283. The van der Waals surface area contributed by atoms with Crippen molar-refractivity contribution < 1.29 is 19.5 Å². The molecule has 34 heavy (non-hydrogen) atoms. The fourth-order valence-electron chi connectivity index (χ4n) is 4.47. The zero-order valence-corrected chi connectivity index (χ0v) is 19.9. The third-order valence-electron chi connectivity index (χ3n) is 6.07. The summed E-state index contributed by atoms with van der Waals surface area (Å²) in [5, 5.41) is 14.1. The Kier molecular flexibility index (Phi) is 7.86. The second kappa shape index (κ2) is 11.2. The predicted octanol–water partition coefficient (Wildman–Crippen LogP) is 6.48. The summed E-state index contributed by atoms with van der Waals surface area (Å²) in [7, 11) is 0. The van der Waals surface area contributed by atoms with Gasteiger partial charge < -0.3 is 14.7 Å². The lowest BCUT2D eigenvalue weighted by molar-refractivity contribution is -0.139. The zero-order chi connectivity index (χ0) is 23.9. The maximum Gasteiger partial charge on any atom is 0.341 e. The lowest BCUT2D eigenvalue weighted by Gasteiger charge is -2.26. The van der Waals surface area contributed by atoms with Crippen molar-refractivity contribution in [2.45, 2.75) is 38.7 Å². The summed E-state index contributed by atoms with van der Waals surface area (Å²) in [6.45, 7) is 1.69. The van der Waals surface area contributed by atoms with Crippen molar-refractivity contribution in [3.63, 3.8) is 0 Å². The largest absolute Gasteiger partial charge is 0.482 e. The van der Waals surface area contributed by atoms with E-state index in [1.165, 1.54) is 5.56 Å². The molecular weight excluding hydrogens is 450 g/mol. The molecule has 1 N–H and O–H groups in total. The number of carboxylic acid groups (broad SMARTS) is 1. The van der Waals surface area contributed by atoms with Crippen molar-refractivity contribution in [1.29, 1.82) is 0 Å². The highest BCUT2D eigenvalue weighted by Gasteiger charge is 2.23. The van der Waals surface area contributed by atoms with Gasteiger partial charge in [-0.05, 0) is 79.0 Å². The fourth-order valence-corrected chi connectivity index (χ4v) is 4.60. The molecule has 0 aliphatic heterocycles. The molecule has 0 spiro atoms. The number of fused-ring (bicyclic) bond motifs is 1. The molecule has 0 saturated carbocycles. The minimum absolute atomic E-state index is 0.311. The average Bonchev–Trinajstić information content (AvgIpc) is 2.84. The number of carbonyl (C=O) groups is 1. The summed E-state index contributed by atoms with van der Waals surface area (Å²) in [4.78, 5) is 16.9. The van der Waals surface area contributed by atoms with Crippen LogP contribution in [0.2, 0.25) is 5.02 Å². The Morgan fingerprint density at radius 2 is 1.79 bits per heavy atom. The van der Waals surface area contributed by atoms with Crippen molar-refractivity contribution in [1.82, 2.24) is 0 Å². The van der Waals surface area contributed by atoms with E-state index in [0.29, 0.717) is 16.7 Å². The van der Waals surface area contributed by atoms with Gasteiger partial charge in [-0.25, -0.2) is 4.79 Å². The molecule has 1 aliphatic carbocycles. The molecule has 2 unspecified atom stereocenters. The summed E-state index contributed by atoms with van der Waals surface area (Å²) in [5.41, 5.74) is 5.31. The number of halogens is 1. The van der Waals surface area contributed by atoms with Gasteiger partial charge in [0.25, 0.3) is 0 Å². The van der Waals surface area contributed by atoms with Crippen molar-refractivity contribution >= 4 is 23.3 Å². The molecular formula is C28H28ClNO4. The van der Waals surface area contributed by atoms with E-state index in [2.05, 4.69) is 11.2 Å². The van der Waals surface area contributed by atoms with Gasteiger partial charge in [-0.1, -0.05) is 71.4 Å². The molecule has 1 aliphatic rings. The molecule has 0 saturated heterocycles. The lowest BCUT2D eigenvalue weighted by atomic mass is 9.81. The van der Waals surface area contributed by atoms with Gasteiger partial charge in [-0.3, -0.25) is 0 Å². The second-order valence-electron chi connectivity index (χ2n) is 8.66. The first-order valence-electron chi connectivity index (χ1n) is 11.4. The minimum Gasteiger partial charge on any atom is -0.482 e. The van der Waals surface area contributed by atoms with Gasteiger partial charge in [0.2, 0.25) is 0 Å². The van der Waals surface area contributed by atoms with Gasteiger partial charge >= 0.3 is 5.97 Å². The third-order valence-corrected chi connectivity index (χ3v) is 6.32. The second-order valence-corrected chi connectivity index (χ2v) is 9.10. The monoisotopic (exact) mass is 477 g/mol. The van der Waals surface area contributed by atoms with Gasteiger partial charge in [0.05, 0.1) is 5.71 Å². The summed E-state index contributed by atoms with van der Waals surface area (Å²) in [5.74, 6) is 0.159. The molecule has 0 heterocycles. The molecule has 0 amide bonds. The number of benzene rings is 3. The van der Waals surface area contributed by atoms with Gasteiger partial charge in [0, 0.05) is 5.02 Å². The lowest BCUT2D eigenvalue weighted by Crippen LogP contribution is -2.19. The van der Waals surface area contributed by atoms with Crippen LogP contribution in [0, 0.1) is 5.92 Å². The summed E-state index contributed by atoms with van der Waals surface area (Å²) in [6.07, 6.45) is 3.29. The van der Waals surface area contributed by atoms with Crippen molar-refractivity contribution in [2.24, 2.45) is 11.1 Å². The van der Waals surface area contributed by atoms with Crippen LogP contribution >= 0.6 is 11.6 Å². The standard InChI is InChI=1S/C28H28ClNO4/c1-19(16-20-10-15-25-23(17-20)8-5-9-26(25)33-18-27(31)32)30-34-28(21-6-3-2-4-7-21)22-11-13-24(29)14-12-22/h2-9,11-14,20,28H,10,15-18H2,1H3,(H,31,32)/b30-19-. The number of ether oxygens (including phenoxy) is 1. The van der Waals surface area contributed by atoms with E-state index in [4.69, 9.17) is 26.3 Å². The Hall–Kier alpha value is -3.31. The van der Waals surface area contributed by atoms with E-state index in [1.54, 1.807) is 0 Å². The Labute approximate surface area is 205 Å². The fraction of sp³-hybridized carbons (Fsp3) is 0.286. The van der Waals surface area contributed by atoms with E-state index >= 15 is 0 Å². The SMILES string of the molecule is C/C(CC1CCc2c(cccc2OCC(=O)O)C1)=N/OC(c1ccccc1)c1ccc(Cl)cc1. The van der Waals surface area contributed by atoms with Crippen LogP contribution in [0.1, 0.15) is 48.1 Å². The minimum atomic E-state index is -0.967. The normalized spacial score (nSPS) is 16.4. The first kappa shape index (κ1) is 23.8. The average molecular weight is 478 g/mol. The highest BCUT2D eigenvalue weighted by atomic mass is 35.5. The molecule has 4 rings (SSSR count). The molecule has 0 fully saturated rings. The molecule has 3 aromatic carbocycles. The van der Waals surface area contributed by atoms with Gasteiger partial charge in [0.15, 0.2) is 12.7 Å². The maximum atomic E-state index is 10.9. The predicted molar refractivity (Wildman–Crippen MR) is 134 cm³/mol. The molecule has 2 atom stereocenters. The van der Waals surface area contributed by atoms with Crippen molar-refractivity contribution in [3.05, 3.63) is 100 Å². The molecule has 3 aromatic rings. The van der Waals surface area contributed by atoms with E-state index < -0.39 is 5.97 Å². The van der Waals surface area contributed by atoms with Crippen LogP contribution in [0.5, 0.6) is 5.75 Å². The van der Waals surface area contributed by atoms with Crippen LogP contribution in [0.15, 0.2) is 78.0 Å². The van der Waals surface area contributed by atoms with Crippen LogP contribution in [-0.4, -0.2) is 23.4 Å². The molecule has 176 valence electrons. The van der Waals surface area contributed by atoms with E-state index in [9.17, 15) is 4.79 Å². The number of rotatable bonds is 9. The van der Waals surface area contributed by atoms with Crippen molar-refractivity contribution in [2.75, 3.05) is 6.61 Å². The molecule has 5 nitrogen and oxygen atoms in total. The Bertz CT molecular complexity index is 1140. The Morgan fingerprint density at radius 1 is 1.06 bits per heavy atom. The van der Waals surface area contributed by atoms with Gasteiger partial charge in [0.1, 0.15) is 5.75 Å². The van der Waals surface area contributed by atoms with Crippen molar-refractivity contribution in [3.8, 4) is 5.75 Å². The Morgan fingerprint density at radius 3 is 2.53 bits per heavy atom. The number of hydrogen-bond donors (Lipinski definition) is 1. The van der Waals surface area contributed by atoms with Crippen LogP contribution in [0.3, 0.4) is 0 Å². The third kappa shape index (κ3) is 6.17. The van der Waals surface area contributed by atoms with Crippen LogP contribution in [0.25, 0.3) is 0 Å². The smallest absolute Gasteiger partial charge is 0.341 e. The maximum absolute atomic E-state index is 10.9. The topological polar surface area (TPSA) is 68.1 Å². The highest BCUT2D eigenvalue weighted by Crippen LogP contribution is 2.34. The number of oxime groups is 1. The number of nitrogens with zero attached hydrogens (tertiary/aromatic N) is 1. The van der Waals surface area contributed by atoms with Crippen LogP contribution in [-0.2, 0) is 22.5 Å². The molecule has 0 bridgehead atoms. The summed E-state index contributed by atoms with van der Waals surface area (Å²) in [6, 6.07) is 23.6. The zero-order valence-electron chi connectivity index (χ0n) is 19.1. The molecule has 6 heteroatoms. The molecule has 0 aromatic heterocycles. The van der Waals surface area contributed by atoms with E-state index in [-0.39, 0.29) is 12.7 Å². The number of carboxylic acids is 1. The first-order valence-corrected chi connectivity index (χ1v) is 11.8. The number of hydrogen-bond acceptors (Lipinski definition) is 4. The molecule has 0 radical (unpaired) electrons. The van der Waals surface area contributed by atoms with Gasteiger partial charge in [-0.2, -0.15) is 0 Å². The van der Waals surface area contributed by atoms with E-state index in [0.717, 1.165) is 48.1 Å². The Balaban J connectivity index is 1.43. The van der Waals surface area contributed by atoms with E-state index in [1.807, 2.05) is 73.7 Å². The van der Waals surface area contributed by atoms with Crippen LogP contribution < -0.4 is 4.74 Å². The van der Waals surface area contributed by atoms with Crippen LogP contribution in [0.4, 0.5) is 0 Å². The summed E-state index contributed by atoms with van der Waals surface area (Å²) < 4.78 is 5.49. The first-order chi connectivity index (χ1) is 16.5. The highest BCUT2D eigenvalue weighted by molar-refractivity contribution is 6.30. The number of aliphatic carboxylic acids is 1. The van der Waals surface area contributed by atoms with Gasteiger partial charge in [-0.15, -0.1) is 0 Å². The summed E-state index contributed by atoms with van der Waals surface area (Å²) >= 11 is 6.07.